The Balaban J connectivity index is 2.19. The molecule has 0 aromatic heterocycles. The number of hydrogen-bond acceptors (Lipinski definition) is 4. The highest BCUT2D eigenvalue weighted by Crippen LogP contribution is 2.12. The quantitative estimate of drug-likeness (QED) is 0.805. The maximum Gasteiger partial charge on any atom is 0.407 e. The van der Waals surface area contributed by atoms with Crippen LogP contribution in [0.4, 0.5) is 4.79 Å². The zero-order valence-electron chi connectivity index (χ0n) is 12.1. The first-order valence-electron chi connectivity index (χ1n) is 6.62. The van der Waals surface area contributed by atoms with Crippen molar-refractivity contribution in [3.63, 3.8) is 0 Å². The Morgan fingerprint density at radius 2 is 2.11 bits per heavy atom. The van der Waals surface area contributed by atoms with E-state index >= 15 is 0 Å². The number of alkyl carbamates (subject to hydrolysis) is 1. The van der Waals surface area contributed by atoms with E-state index in [2.05, 4.69) is 10.6 Å². The van der Waals surface area contributed by atoms with Crippen molar-refractivity contribution in [2.75, 3.05) is 13.1 Å². The van der Waals surface area contributed by atoms with Gasteiger partial charge in [-0.25, -0.2) is 4.79 Å². The molecule has 2 atom stereocenters. The lowest BCUT2D eigenvalue weighted by Crippen LogP contribution is -2.39. The third-order valence-corrected chi connectivity index (χ3v) is 2.54. The summed E-state index contributed by atoms with van der Waals surface area (Å²) in [6, 6.07) is 0.265. The van der Waals surface area contributed by atoms with E-state index in [4.69, 9.17) is 9.47 Å². The predicted molar refractivity (Wildman–Crippen MR) is 70.7 cm³/mol. The summed E-state index contributed by atoms with van der Waals surface area (Å²) in [5.74, 6) is 0. The van der Waals surface area contributed by atoms with Gasteiger partial charge in [0, 0.05) is 19.1 Å². The van der Waals surface area contributed by atoms with Gasteiger partial charge in [0.1, 0.15) is 5.60 Å². The van der Waals surface area contributed by atoms with Crippen molar-refractivity contribution in [1.29, 1.82) is 0 Å². The van der Waals surface area contributed by atoms with Crippen LogP contribution in [0, 0.1) is 0 Å². The van der Waals surface area contributed by atoms with E-state index in [-0.39, 0.29) is 24.3 Å². The van der Waals surface area contributed by atoms with Gasteiger partial charge in [0.2, 0.25) is 0 Å². The predicted octanol–water partition coefficient (Wildman–Crippen LogP) is 1.67. The van der Waals surface area contributed by atoms with Crippen LogP contribution in [0.5, 0.6) is 0 Å². The van der Waals surface area contributed by atoms with Crippen molar-refractivity contribution < 1.29 is 14.3 Å². The first-order chi connectivity index (χ1) is 8.26. The molecule has 1 aliphatic rings. The van der Waals surface area contributed by atoms with E-state index in [0.717, 1.165) is 13.0 Å². The maximum absolute atomic E-state index is 11.5. The summed E-state index contributed by atoms with van der Waals surface area (Å²) in [5, 5.41) is 6.11. The molecule has 1 amide bonds. The number of nitrogens with one attached hydrogen (secondary N) is 2. The minimum atomic E-state index is -0.448. The zero-order chi connectivity index (χ0) is 13.8. The average Bonchev–Trinajstić information content (AvgIpc) is 2.59. The number of amides is 1. The van der Waals surface area contributed by atoms with Crippen LogP contribution in [0.1, 0.15) is 41.0 Å². The molecule has 1 aliphatic heterocycles. The van der Waals surface area contributed by atoms with Crippen molar-refractivity contribution >= 4 is 6.09 Å². The van der Waals surface area contributed by atoms with Gasteiger partial charge in [-0.2, -0.15) is 0 Å². The molecular weight excluding hydrogens is 232 g/mol. The lowest BCUT2D eigenvalue weighted by atomic mass is 10.2. The molecule has 0 bridgehead atoms. The van der Waals surface area contributed by atoms with E-state index in [1.807, 2.05) is 34.6 Å². The van der Waals surface area contributed by atoms with Gasteiger partial charge in [-0.1, -0.05) is 0 Å². The van der Waals surface area contributed by atoms with Gasteiger partial charge in [0.25, 0.3) is 0 Å². The Labute approximate surface area is 110 Å². The van der Waals surface area contributed by atoms with Gasteiger partial charge >= 0.3 is 6.09 Å². The van der Waals surface area contributed by atoms with Crippen molar-refractivity contribution in [2.45, 2.75) is 64.9 Å². The fourth-order valence-electron chi connectivity index (χ4n) is 1.95. The highest BCUT2D eigenvalue weighted by molar-refractivity contribution is 5.67. The van der Waals surface area contributed by atoms with Crippen LogP contribution in [0.2, 0.25) is 0 Å². The van der Waals surface area contributed by atoms with Crippen molar-refractivity contribution in [3.8, 4) is 0 Å². The molecule has 0 saturated carbocycles. The minimum Gasteiger partial charge on any atom is -0.444 e. The fraction of sp³-hybridized carbons (Fsp3) is 0.923. The van der Waals surface area contributed by atoms with Gasteiger partial charge in [-0.3, -0.25) is 0 Å². The minimum absolute atomic E-state index is 0.245. The molecule has 0 unspecified atom stereocenters. The van der Waals surface area contributed by atoms with Crippen molar-refractivity contribution in [1.82, 2.24) is 10.6 Å². The fourth-order valence-corrected chi connectivity index (χ4v) is 1.95. The molecule has 0 radical (unpaired) electrons. The van der Waals surface area contributed by atoms with Crippen LogP contribution < -0.4 is 10.6 Å². The second-order valence-corrected chi connectivity index (χ2v) is 6.03. The molecule has 0 aromatic rings. The molecule has 1 rings (SSSR count). The van der Waals surface area contributed by atoms with Crippen LogP contribution in [-0.2, 0) is 9.47 Å². The number of ether oxygens (including phenoxy) is 2. The summed E-state index contributed by atoms with van der Waals surface area (Å²) in [7, 11) is 0. The molecular formula is C13H26N2O3. The van der Waals surface area contributed by atoms with Crippen LogP contribution in [-0.4, -0.2) is 43.0 Å². The topological polar surface area (TPSA) is 59.6 Å². The molecule has 0 aliphatic carbocycles. The van der Waals surface area contributed by atoms with Crippen LogP contribution in [0.3, 0.4) is 0 Å². The van der Waals surface area contributed by atoms with Gasteiger partial charge in [-0.15, -0.1) is 0 Å². The number of carbonyl (C=O) groups is 1. The van der Waals surface area contributed by atoms with E-state index in [9.17, 15) is 4.79 Å². The SMILES string of the molecule is CC(C)O[C@H]1CN[C@H](CNC(=O)OC(C)(C)C)C1. The van der Waals surface area contributed by atoms with Gasteiger partial charge in [-0.05, 0) is 41.0 Å². The second kappa shape index (κ2) is 6.38. The summed E-state index contributed by atoms with van der Waals surface area (Å²) >= 11 is 0. The molecule has 1 saturated heterocycles. The summed E-state index contributed by atoms with van der Waals surface area (Å²) in [4.78, 5) is 11.5. The lowest BCUT2D eigenvalue weighted by Gasteiger charge is -2.20. The maximum atomic E-state index is 11.5. The Hall–Kier alpha value is -0.810. The molecule has 0 spiro atoms. The smallest absolute Gasteiger partial charge is 0.407 e. The van der Waals surface area contributed by atoms with Gasteiger partial charge in [0.05, 0.1) is 12.2 Å². The third-order valence-electron chi connectivity index (χ3n) is 2.54. The van der Waals surface area contributed by atoms with Gasteiger partial charge < -0.3 is 20.1 Å². The zero-order valence-corrected chi connectivity index (χ0v) is 12.1. The first kappa shape index (κ1) is 15.2. The highest BCUT2D eigenvalue weighted by atomic mass is 16.6. The molecule has 0 aromatic carbocycles. The summed E-state index contributed by atoms with van der Waals surface area (Å²) in [6.07, 6.45) is 1.05. The van der Waals surface area contributed by atoms with E-state index < -0.39 is 5.60 Å². The highest BCUT2D eigenvalue weighted by Gasteiger charge is 2.26. The Morgan fingerprint density at radius 3 is 2.67 bits per heavy atom. The molecule has 5 nitrogen and oxygen atoms in total. The van der Waals surface area contributed by atoms with Crippen molar-refractivity contribution in [3.05, 3.63) is 0 Å². The normalized spacial score (nSPS) is 24.3. The van der Waals surface area contributed by atoms with E-state index in [1.54, 1.807) is 0 Å². The average molecular weight is 258 g/mol. The summed E-state index contributed by atoms with van der Waals surface area (Å²) in [6.45, 7) is 11.1. The number of carbonyl (C=O) groups excluding carboxylic acids is 1. The summed E-state index contributed by atoms with van der Waals surface area (Å²) < 4.78 is 10.9. The van der Waals surface area contributed by atoms with Crippen LogP contribution in [0.15, 0.2) is 0 Å². The molecule has 2 N–H and O–H groups in total. The van der Waals surface area contributed by atoms with E-state index in [0.29, 0.717) is 6.54 Å². The number of rotatable bonds is 4. The Kier molecular flexibility index (Phi) is 5.41. The lowest BCUT2D eigenvalue weighted by molar-refractivity contribution is 0.0184. The monoisotopic (exact) mass is 258 g/mol. The van der Waals surface area contributed by atoms with Crippen LogP contribution in [0.25, 0.3) is 0 Å². The van der Waals surface area contributed by atoms with E-state index in [1.165, 1.54) is 0 Å². The first-order valence-corrected chi connectivity index (χ1v) is 6.62. The Bertz CT molecular complexity index is 274. The largest absolute Gasteiger partial charge is 0.444 e. The molecule has 18 heavy (non-hydrogen) atoms. The summed E-state index contributed by atoms with van der Waals surface area (Å²) in [5.41, 5.74) is -0.448. The molecule has 1 heterocycles. The number of hydrogen-bond donors (Lipinski definition) is 2. The molecule has 5 heteroatoms. The molecule has 1 fully saturated rings. The third kappa shape index (κ3) is 6.21. The van der Waals surface area contributed by atoms with Gasteiger partial charge in [0.15, 0.2) is 0 Å². The van der Waals surface area contributed by atoms with Crippen molar-refractivity contribution in [2.24, 2.45) is 0 Å². The standard InChI is InChI=1S/C13H26N2O3/c1-9(2)17-11-6-10(14-8-11)7-15-12(16)18-13(3,4)5/h9-11,14H,6-8H2,1-5H3,(H,15,16)/t10-,11+/m0/s1. The molecule has 106 valence electrons. The Morgan fingerprint density at radius 1 is 1.44 bits per heavy atom. The second-order valence-electron chi connectivity index (χ2n) is 6.03. The van der Waals surface area contributed by atoms with Crippen LogP contribution >= 0.6 is 0 Å².